The smallest absolute Gasteiger partial charge is 0.404 e. The van der Waals surface area contributed by atoms with Gasteiger partial charge in [-0.1, -0.05) is 48.5 Å². The first-order valence-electron chi connectivity index (χ1n) is 9.09. The number of benzene rings is 3. The highest BCUT2D eigenvalue weighted by molar-refractivity contribution is 6.62. The summed E-state index contributed by atoms with van der Waals surface area (Å²) in [6.45, 7) is 4.76. The molecule has 0 unspecified atom stereocenters. The minimum Gasteiger partial charge on any atom is -0.404 e. The molecule has 1 saturated heterocycles. The Morgan fingerprint density at radius 2 is 1.58 bits per heavy atom. The number of hydrogen-bond donors (Lipinski definition) is 0. The maximum atomic E-state index is 6.07. The van der Waals surface area contributed by atoms with Gasteiger partial charge in [0.15, 0.2) is 0 Å². The lowest BCUT2D eigenvalue weighted by atomic mass is 9.78. The fourth-order valence-corrected chi connectivity index (χ4v) is 4.40. The summed E-state index contributed by atoms with van der Waals surface area (Å²) < 4.78 is 14.3. The normalized spacial score (nSPS) is 17.4. The molecule has 5 aromatic rings. The standard InChI is InChI=1S/C22H18BNO2/c1-22(2)13-25-23(26-22)14-10-11-20-18(12-14)17-8-5-7-16-15-6-3-4-9-19(15)24(20)21(16)17/h3-12H,13H2,1-2H3. The first-order valence-corrected chi connectivity index (χ1v) is 9.09. The summed E-state index contributed by atoms with van der Waals surface area (Å²) in [5.74, 6) is 0. The molecule has 3 heterocycles. The van der Waals surface area contributed by atoms with Crippen molar-refractivity contribution in [3.8, 4) is 0 Å². The molecule has 1 aliphatic rings. The van der Waals surface area contributed by atoms with Gasteiger partial charge in [0.05, 0.1) is 28.8 Å². The van der Waals surface area contributed by atoms with Gasteiger partial charge in [-0.05, 0) is 31.4 Å². The number of aromatic nitrogens is 1. The molecule has 0 saturated carbocycles. The second-order valence-corrected chi connectivity index (χ2v) is 7.85. The van der Waals surface area contributed by atoms with Crippen LogP contribution in [0.25, 0.3) is 38.1 Å². The zero-order valence-corrected chi connectivity index (χ0v) is 14.8. The molecular weight excluding hydrogens is 321 g/mol. The second-order valence-electron chi connectivity index (χ2n) is 7.85. The van der Waals surface area contributed by atoms with E-state index in [2.05, 4.69) is 78.9 Å². The SMILES string of the molecule is CC1(C)COB(c2ccc3c(c2)c2cccc4c5ccccc5n3c42)O1. The zero-order valence-electron chi connectivity index (χ0n) is 14.8. The highest BCUT2D eigenvalue weighted by Gasteiger charge is 2.38. The van der Waals surface area contributed by atoms with E-state index >= 15 is 0 Å². The Bertz CT molecular complexity index is 1300. The van der Waals surface area contributed by atoms with E-state index in [1.165, 1.54) is 38.1 Å². The third-order valence-electron chi connectivity index (χ3n) is 5.53. The van der Waals surface area contributed by atoms with Crippen LogP contribution in [-0.4, -0.2) is 23.7 Å². The molecule has 6 rings (SSSR count). The molecule has 2 aromatic heterocycles. The van der Waals surface area contributed by atoms with Crippen molar-refractivity contribution >= 4 is 50.7 Å². The van der Waals surface area contributed by atoms with Crippen LogP contribution in [0.5, 0.6) is 0 Å². The summed E-state index contributed by atoms with van der Waals surface area (Å²) >= 11 is 0. The summed E-state index contributed by atoms with van der Waals surface area (Å²) in [5.41, 5.74) is 4.65. The van der Waals surface area contributed by atoms with Gasteiger partial charge < -0.3 is 13.7 Å². The third-order valence-corrected chi connectivity index (χ3v) is 5.53. The highest BCUT2D eigenvalue weighted by Crippen LogP contribution is 2.38. The molecule has 1 aliphatic heterocycles. The molecule has 26 heavy (non-hydrogen) atoms. The van der Waals surface area contributed by atoms with E-state index in [1.807, 2.05) is 0 Å². The molecule has 0 N–H and O–H groups in total. The van der Waals surface area contributed by atoms with Crippen LogP contribution in [-0.2, 0) is 9.31 Å². The Balaban J connectivity index is 1.68. The van der Waals surface area contributed by atoms with Gasteiger partial charge in [0.1, 0.15) is 0 Å². The minimum atomic E-state index is -0.286. The highest BCUT2D eigenvalue weighted by atomic mass is 16.7. The molecule has 1 fully saturated rings. The van der Waals surface area contributed by atoms with Crippen molar-refractivity contribution in [1.29, 1.82) is 0 Å². The molecule has 3 nitrogen and oxygen atoms in total. The monoisotopic (exact) mass is 339 g/mol. The van der Waals surface area contributed by atoms with Gasteiger partial charge in [-0.3, -0.25) is 0 Å². The van der Waals surface area contributed by atoms with Gasteiger partial charge in [0.25, 0.3) is 0 Å². The number of nitrogens with zero attached hydrogens (tertiary/aromatic N) is 1. The fraction of sp³-hybridized carbons (Fsp3) is 0.182. The van der Waals surface area contributed by atoms with E-state index in [1.54, 1.807) is 0 Å². The Kier molecular flexibility index (Phi) is 2.69. The van der Waals surface area contributed by atoms with Crippen molar-refractivity contribution in [3.63, 3.8) is 0 Å². The van der Waals surface area contributed by atoms with Gasteiger partial charge in [0, 0.05) is 21.5 Å². The van der Waals surface area contributed by atoms with E-state index in [-0.39, 0.29) is 12.7 Å². The van der Waals surface area contributed by atoms with Crippen molar-refractivity contribution in [3.05, 3.63) is 60.7 Å². The number of hydrogen-bond acceptors (Lipinski definition) is 2. The molecule has 0 spiro atoms. The van der Waals surface area contributed by atoms with Crippen molar-refractivity contribution in [2.45, 2.75) is 19.4 Å². The van der Waals surface area contributed by atoms with E-state index in [4.69, 9.17) is 9.31 Å². The summed E-state index contributed by atoms with van der Waals surface area (Å²) in [5, 5.41) is 5.16. The lowest BCUT2D eigenvalue weighted by molar-refractivity contribution is 0.137. The summed E-state index contributed by atoms with van der Waals surface area (Å²) in [7, 11) is -0.286. The third kappa shape index (κ3) is 1.81. The molecule has 0 atom stereocenters. The van der Waals surface area contributed by atoms with Crippen LogP contribution in [0, 0.1) is 0 Å². The number of fused-ring (bicyclic) bond motifs is 6. The van der Waals surface area contributed by atoms with Crippen molar-refractivity contribution in [2.24, 2.45) is 0 Å². The van der Waals surface area contributed by atoms with Crippen LogP contribution in [0.3, 0.4) is 0 Å². The van der Waals surface area contributed by atoms with Crippen LogP contribution in [0.4, 0.5) is 0 Å². The Morgan fingerprint density at radius 1 is 0.846 bits per heavy atom. The van der Waals surface area contributed by atoms with E-state index in [0.717, 1.165) is 5.46 Å². The summed E-state index contributed by atoms with van der Waals surface area (Å²) in [6, 6.07) is 21.8. The van der Waals surface area contributed by atoms with Gasteiger partial charge in [-0.2, -0.15) is 0 Å². The predicted octanol–water partition coefficient (Wildman–Crippen LogP) is 4.36. The molecular formula is C22H18BNO2. The quantitative estimate of drug-likeness (QED) is 0.424. The van der Waals surface area contributed by atoms with Gasteiger partial charge >= 0.3 is 7.12 Å². The molecule has 0 amide bonds. The molecule has 3 aromatic carbocycles. The van der Waals surface area contributed by atoms with E-state index in [0.29, 0.717) is 6.61 Å². The van der Waals surface area contributed by atoms with Gasteiger partial charge in [0.2, 0.25) is 0 Å². The van der Waals surface area contributed by atoms with E-state index in [9.17, 15) is 0 Å². The topological polar surface area (TPSA) is 22.9 Å². The maximum absolute atomic E-state index is 6.07. The Labute approximate surface area is 151 Å². The van der Waals surface area contributed by atoms with Crippen LogP contribution < -0.4 is 5.46 Å². The average Bonchev–Trinajstić information content (AvgIpc) is 3.29. The Hall–Kier alpha value is -2.56. The average molecular weight is 339 g/mol. The van der Waals surface area contributed by atoms with Crippen molar-refractivity contribution < 1.29 is 9.31 Å². The summed E-state index contributed by atoms with van der Waals surface area (Å²) in [6.07, 6.45) is 0. The second kappa shape index (κ2) is 4.79. The summed E-state index contributed by atoms with van der Waals surface area (Å²) in [4.78, 5) is 0. The first-order chi connectivity index (χ1) is 12.6. The van der Waals surface area contributed by atoms with Gasteiger partial charge in [-0.25, -0.2) is 0 Å². The predicted molar refractivity (Wildman–Crippen MR) is 108 cm³/mol. The van der Waals surface area contributed by atoms with Crippen molar-refractivity contribution in [1.82, 2.24) is 4.40 Å². The van der Waals surface area contributed by atoms with E-state index < -0.39 is 0 Å². The minimum absolute atomic E-state index is 0.231. The lowest BCUT2D eigenvalue weighted by Crippen LogP contribution is -2.34. The molecule has 4 heteroatoms. The lowest BCUT2D eigenvalue weighted by Gasteiger charge is -2.15. The largest absolute Gasteiger partial charge is 0.494 e. The molecule has 0 aliphatic carbocycles. The fourth-order valence-electron chi connectivity index (χ4n) is 4.40. The van der Waals surface area contributed by atoms with Crippen LogP contribution in [0.2, 0.25) is 0 Å². The van der Waals surface area contributed by atoms with Crippen LogP contribution in [0.1, 0.15) is 13.8 Å². The molecule has 126 valence electrons. The number of para-hydroxylation sites is 2. The van der Waals surface area contributed by atoms with Crippen LogP contribution in [0.15, 0.2) is 60.7 Å². The maximum Gasteiger partial charge on any atom is 0.494 e. The van der Waals surface area contributed by atoms with Gasteiger partial charge in [-0.15, -0.1) is 0 Å². The first kappa shape index (κ1) is 14.6. The Morgan fingerprint density at radius 3 is 2.38 bits per heavy atom. The molecule has 0 bridgehead atoms. The molecule has 0 radical (unpaired) electrons. The number of rotatable bonds is 1. The zero-order chi connectivity index (χ0) is 17.5. The van der Waals surface area contributed by atoms with Crippen molar-refractivity contribution in [2.75, 3.05) is 6.61 Å². The van der Waals surface area contributed by atoms with Crippen LogP contribution >= 0.6 is 0 Å².